The van der Waals surface area contributed by atoms with Crippen LogP contribution in [0.25, 0.3) is 11.0 Å². The van der Waals surface area contributed by atoms with Crippen LogP contribution in [-0.2, 0) is 11.3 Å². The van der Waals surface area contributed by atoms with E-state index >= 15 is 0 Å². The third-order valence-corrected chi connectivity index (χ3v) is 3.25. The number of nitrogens with two attached hydrogens (primary N) is 1. The molecule has 0 saturated carbocycles. The normalized spacial score (nSPS) is 12.9. The summed E-state index contributed by atoms with van der Waals surface area (Å²) in [7, 11) is 0. The number of alkyl carbamates (subject to hydrolysis) is 1. The first-order chi connectivity index (χ1) is 10.7. The molecule has 0 radical (unpaired) electrons. The van der Waals surface area contributed by atoms with Crippen molar-refractivity contribution >= 4 is 22.9 Å². The molecular weight excluding hydrogens is 294 g/mol. The van der Waals surface area contributed by atoms with Gasteiger partial charge >= 0.3 is 6.09 Å². The van der Waals surface area contributed by atoms with Crippen molar-refractivity contribution in [3.63, 3.8) is 0 Å². The Balaban J connectivity index is 2.18. The van der Waals surface area contributed by atoms with Crippen LogP contribution in [0.2, 0.25) is 0 Å². The number of ether oxygens (including phenoxy) is 1. The van der Waals surface area contributed by atoms with Crippen molar-refractivity contribution in [1.29, 1.82) is 0 Å². The predicted octanol–water partition coefficient (Wildman–Crippen LogP) is 2.40. The van der Waals surface area contributed by atoms with Gasteiger partial charge in [-0.2, -0.15) is 0 Å². The number of rotatable bonds is 4. The van der Waals surface area contributed by atoms with Crippen molar-refractivity contribution in [2.75, 3.05) is 5.73 Å². The second-order valence-corrected chi connectivity index (χ2v) is 6.41. The van der Waals surface area contributed by atoms with Gasteiger partial charge < -0.3 is 20.4 Å². The van der Waals surface area contributed by atoms with E-state index < -0.39 is 11.7 Å². The quantitative estimate of drug-likeness (QED) is 0.844. The van der Waals surface area contributed by atoms with Gasteiger partial charge in [-0.25, -0.2) is 14.8 Å². The second-order valence-electron chi connectivity index (χ2n) is 6.41. The molecule has 0 aliphatic heterocycles. The Morgan fingerprint density at radius 1 is 1.52 bits per heavy atom. The minimum Gasteiger partial charge on any atom is -0.444 e. The van der Waals surface area contributed by atoms with E-state index in [9.17, 15) is 4.79 Å². The van der Waals surface area contributed by atoms with E-state index in [0.717, 1.165) is 16.6 Å². The first-order valence-electron chi connectivity index (χ1n) is 7.39. The standard InChI is InChI=1S/C16H23N5O2/c1-6-11(20-15(22)23-16(3,4)5)8-21-7-10(2)12-13(17)18-9-19-14(12)21/h6-7,9,11H,1,8H2,2-5H3,(H,20,22)(H2,17,18,19). The van der Waals surface area contributed by atoms with Crippen LogP contribution in [0.5, 0.6) is 0 Å². The summed E-state index contributed by atoms with van der Waals surface area (Å²) < 4.78 is 7.19. The van der Waals surface area contributed by atoms with Gasteiger partial charge in [0.2, 0.25) is 0 Å². The Hall–Kier alpha value is -2.57. The van der Waals surface area contributed by atoms with Crippen molar-refractivity contribution < 1.29 is 9.53 Å². The highest BCUT2D eigenvalue weighted by molar-refractivity contribution is 5.89. The van der Waals surface area contributed by atoms with Crippen LogP contribution in [0.4, 0.5) is 10.6 Å². The number of hydrogen-bond donors (Lipinski definition) is 2. The maximum atomic E-state index is 11.9. The molecule has 0 saturated heterocycles. The SMILES string of the molecule is C=CC(Cn1cc(C)c2c(N)ncnc21)NC(=O)OC(C)(C)C. The number of carbonyl (C=O) groups is 1. The van der Waals surface area contributed by atoms with E-state index in [1.165, 1.54) is 6.33 Å². The topological polar surface area (TPSA) is 95.1 Å². The molecule has 7 heteroatoms. The number of aryl methyl sites for hydroxylation is 1. The van der Waals surface area contributed by atoms with Crippen molar-refractivity contribution in [3.05, 3.63) is 30.7 Å². The molecule has 1 amide bonds. The molecule has 3 N–H and O–H groups in total. The minimum atomic E-state index is -0.547. The van der Waals surface area contributed by atoms with Gasteiger partial charge in [-0.3, -0.25) is 0 Å². The van der Waals surface area contributed by atoms with Gasteiger partial charge in [0.1, 0.15) is 23.4 Å². The van der Waals surface area contributed by atoms with Gasteiger partial charge in [-0.15, -0.1) is 6.58 Å². The second kappa shape index (κ2) is 6.28. The summed E-state index contributed by atoms with van der Waals surface area (Å²) in [6.45, 7) is 11.6. The minimum absolute atomic E-state index is 0.295. The Morgan fingerprint density at radius 2 is 2.22 bits per heavy atom. The van der Waals surface area contributed by atoms with E-state index in [1.54, 1.807) is 6.08 Å². The lowest BCUT2D eigenvalue weighted by Gasteiger charge is -2.22. The molecule has 0 aromatic carbocycles. The monoisotopic (exact) mass is 317 g/mol. The first-order valence-corrected chi connectivity index (χ1v) is 7.39. The molecule has 23 heavy (non-hydrogen) atoms. The van der Waals surface area contributed by atoms with Crippen LogP contribution < -0.4 is 11.1 Å². The van der Waals surface area contributed by atoms with Crippen LogP contribution in [0, 0.1) is 6.92 Å². The van der Waals surface area contributed by atoms with Gasteiger partial charge in [-0.05, 0) is 33.3 Å². The molecule has 1 unspecified atom stereocenters. The van der Waals surface area contributed by atoms with Crippen molar-refractivity contribution in [2.45, 2.75) is 45.9 Å². The highest BCUT2D eigenvalue weighted by Crippen LogP contribution is 2.23. The summed E-state index contributed by atoms with van der Waals surface area (Å²) in [5, 5.41) is 3.61. The number of nitrogen functional groups attached to an aromatic ring is 1. The van der Waals surface area contributed by atoms with E-state index in [4.69, 9.17) is 10.5 Å². The van der Waals surface area contributed by atoms with E-state index in [0.29, 0.717) is 12.4 Å². The summed E-state index contributed by atoms with van der Waals surface area (Å²) >= 11 is 0. The average molecular weight is 317 g/mol. The van der Waals surface area contributed by atoms with Crippen LogP contribution >= 0.6 is 0 Å². The van der Waals surface area contributed by atoms with Crippen LogP contribution in [0.3, 0.4) is 0 Å². The molecule has 124 valence electrons. The number of nitrogens with zero attached hydrogens (tertiary/aromatic N) is 3. The smallest absolute Gasteiger partial charge is 0.408 e. The van der Waals surface area contributed by atoms with Crippen LogP contribution in [-0.4, -0.2) is 32.3 Å². The molecule has 0 spiro atoms. The molecular formula is C16H23N5O2. The Morgan fingerprint density at radius 3 is 2.83 bits per heavy atom. The fourth-order valence-corrected chi connectivity index (χ4v) is 2.33. The highest BCUT2D eigenvalue weighted by Gasteiger charge is 2.19. The van der Waals surface area contributed by atoms with Gasteiger partial charge in [0.05, 0.1) is 11.4 Å². The lowest BCUT2D eigenvalue weighted by atomic mass is 10.2. The number of aromatic nitrogens is 3. The van der Waals surface area contributed by atoms with Gasteiger partial charge in [0.15, 0.2) is 0 Å². The Labute approximate surface area is 135 Å². The number of hydrogen-bond acceptors (Lipinski definition) is 5. The number of nitrogens with one attached hydrogen (secondary N) is 1. The predicted molar refractivity (Wildman–Crippen MR) is 90.0 cm³/mol. The molecule has 2 aromatic rings. The van der Waals surface area contributed by atoms with Crippen molar-refractivity contribution in [3.8, 4) is 0 Å². The molecule has 2 heterocycles. The first kappa shape index (κ1) is 16.8. The third-order valence-electron chi connectivity index (χ3n) is 3.25. The van der Waals surface area contributed by atoms with Gasteiger partial charge in [0.25, 0.3) is 0 Å². The Kier molecular flexibility index (Phi) is 4.58. The number of anilines is 1. The van der Waals surface area contributed by atoms with Crippen LogP contribution in [0.15, 0.2) is 25.2 Å². The number of fused-ring (bicyclic) bond motifs is 1. The van der Waals surface area contributed by atoms with E-state index in [-0.39, 0.29) is 6.04 Å². The zero-order chi connectivity index (χ0) is 17.2. The molecule has 0 bridgehead atoms. The molecule has 0 aliphatic carbocycles. The number of carbonyl (C=O) groups excluding carboxylic acids is 1. The molecule has 7 nitrogen and oxygen atoms in total. The summed E-state index contributed by atoms with van der Waals surface area (Å²) in [5.74, 6) is 0.446. The molecule has 2 rings (SSSR count). The van der Waals surface area contributed by atoms with E-state index in [2.05, 4.69) is 21.9 Å². The number of amides is 1. The zero-order valence-corrected chi connectivity index (χ0v) is 14.0. The molecule has 0 aliphatic rings. The highest BCUT2D eigenvalue weighted by atomic mass is 16.6. The fourth-order valence-electron chi connectivity index (χ4n) is 2.33. The Bertz CT molecular complexity index is 730. The van der Waals surface area contributed by atoms with Crippen molar-refractivity contribution in [2.24, 2.45) is 0 Å². The van der Waals surface area contributed by atoms with Gasteiger partial charge in [-0.1, -0.05) is 6.08 Å². The fraction of sp³-hybridized carbons (Fsp3) is 0.438. The lowest BCUT2D eigenvalue weighted by Crippen LogP contribution is -2.40. The third kappa shape index (κ3) is 4.00. The largest absolute Gasteiger partial charge is 0.444 e. The van der Waals surface area contributed by atoms with Crippen LogP contribution in [0.1, 0.15) is 26.3 Å². The maximum absolute atomic E-state index is 11.9. The van der Waals surface area contributed by atoms with Crippen molar-refractivity contribution in [1.82, 2.24) is 19.9 Å². The summed E-state index contributed by atoms with van der Waals surface area (Å²) in [6, 6.07) is -0.295. The summed E-state index contributed by atoms with van der Waals surface area (Å²) in [5.41, 5.74) is 7.08. The molecule has 0 fully saturated rings. The maximum Gasteiger partial charge on any atom is 0.408 e. The lowest BCUT2D eigenvalue weighted by molar-refractivity contribution is 0.0511. The summed E-state index contributed by atoms with van der Waals surface area (Å²) in [4.78, 5) is 20.2. The zero-order valence-electron chi connectivity index (χ0n) is 14.0. The van der Waals surface area contributed by atoms with Gasteiger partial charge in [0, 0.05) is 12.7 Å². The summed E-state index contributed by atoms with van der Waals surface area (Å²) in [6.07, 6.45) is 4.54. The molecule has 1 atom stereocenters. The average Bonchev–Trinajstić information content (AvgIpc) is 2.73. The van der Waals surface area contributed by atoms with E-state index in [1.807, 2.05) is 38.5 Å². The molecule has 2 aromatic heterocycles.